The highest BCUT2D eigenvalue weighted by molar-refractivity contribution is 7.89. The van der Waals surface area contributed by atoms with Gasteiger partial charge in [0, 0.05) is 19.6 Å². The average molecular weight is 256 g/mol. The number of sulfonamides is 1. The molecule has 0 amide bonds. The summed E-state index contributed by atoms with van der Waals surface area (Å²) in [5.41, 5.74) is 1.07. The molecule has 96 valence electrons. The van der Waals surface area contributed by atoms with Crippen molar-refractivity contribution in [3.05, 3.63) is 29.8 Å². The van der Waals surface area contributed by atoms with Crippen molar-refractivity contribution in [3.8, 4) is 0 Å². The van der Waals surface area contributed by atoms with E-state index in [0.717, 1.165) is 5.56 Å². The summed E-state index contributed by atoms with van der Waals surface area (Å²) < 4.78 is 25.4. The molecule has 4 nitrogen and oxygen atoms in total. The molecule has 0 saturated heterocycles. The first-order valence-corrected chi connectivity index (χ1v) is 7.11. The van der Waals surface area contributed by atoms with Gasteiger partial charge in [-0.1, -0.05) is 19.1 Å². The summed E-state index contributed by atoms with van der Waals surface area (Å²) in [5, 5.41) is 3.11. The highest BCUT2D eigenvalue weighted by atomic mass is 32.2. The monoisotopic (exact) mass is 256 g/mol. The first-order chi connectivity index (χ1) is 7.93. The Morgan fingerprint density at radius 1 is 1.29 bits per heavy atom. The quantitative estimate of drug-likeness (QED) is 0.870. The predicted molar refractivity (Wildman–Crippen MR) is 69.4 cm³/mol. The van der Waals surface area contributed by atoms with E-state index in [0.29, 0.717) is 11.4 Å². The van der Waals surface area contributed by atoms with Crippen LogP contribution in [0.3, 0.4) is 0 Å². The fourth-order valence-corrected chi connectivity index (χ4v) is 2.62. The molecular weight excluding hydrogens is 236 g/mol. The molecule has 0 heterocycles. The molecule has 0 aromatic heterocycles. The number of nitrogens with one attached hydrogen (secondary N) is 1. The van der Waals surface area contributed by atoms with Gasteiger partial charge in [-0.25, -0.2) is 12.7 Å². The summed E-state index contributed by atoms with van der Waals surface area (Å²) in [6.07, 6.45) is 0. The molecule has 0 aliphatic rings. The largest absolute Gasteiger partial charge is 0.313 e. The van der Waals surface area contributed by atoms with Crippen molar-refractivity contribution >= 4 is 10.0 Å². The molecule has 17 heavy (non-hydrogen) atoms. The molecule has 0 saturated carbocycles. The minimum absolute atomic E-state index is 0.218. The highest BCUT2D eigenvalue weighted by Crippen LogP contribution is 2.18. The third kappa shape index (κ3) is 3.06. The Bertz CT molecular complexity index is 454. The average Bonchev–Trinajstić information content (AvgIpc) is 2.36. The molecule has 1 N–H and O–H groups in total. The third-order valence-corrected chi connectivity index (χ3v) is 4.91. The minimum Gasteiger partial charge on any atom is -0.313 e. The van der Waals surface area contributed by atoms with Gasteiger partial charge in [0.1, 0.15) is 0 Å². The minimum atomic E-state index is -3.33. The lowest BCUT2D eigenvalue weighted by Gasteiger charge is -2.16. The summed E-state index contributed by atoms with van der Waals surface area (Å²) >= 11 is 0. The fraction of sp³-hybridized carbons (Fsp3) is 0.500. The van der Waals surface area contributed by atoms with Crippen LogP contribution < -0.4 is 5.32 Å². The van der Waals surface area contributed by atoms with E-state index < -0.39 is 10.0 Å². The number of benzene rings is 1. The number of hydrogen-bond acceptors (Lipinski definition) is 3. The summed E-state index contributed by atoms with van der Waals surface area (Å²) in [5.74, 6) is 0. The van der Waals surface area contributed by atoms with Crippen LogP contribution in [0.25, 0.3) is 0 Å². The molecule has 0 bridgehead atoms. The van der Waals surface area contributed by atoms with Crippen molar-refractivity contribution in [2.75, 3.05) is 20.6 Å². The van der Waals surface area contributed by atoms with Gasteiger partial charge in [-0.2, -0.15) is 0 Å². The maximum absolute atomic E-state index is 12.0. The second kappa shape index (κ2) is 5.62. The van der Waals surface area contributed by atoms with Gasteiger partial charge in [-0.05, 0) is 31.7 Å². The van der Waals surface area contributed by atoms with E-state index in [2.05, 4.69) is 5.32 Å². The highest BCUT2D eigenvalue weighted by Gasteiger charge is 2.18. The molecule has 1 aromatic rings. The fourth-order valence-electron chi connectivity index (χ4n) is 1.45. The zero-order valence-corrected chi connectivity index (χ0v) is 11.6. The SMILES string of the molecule is CCN(C)S(=O)(=O)c1ccc(C(C)NC)cc1. The molecule has 1 rings (SSSR count). The number of hydrogen-bond donors (Lipinski definition) is 1. The lowest BCUT2D eigenvalue weighted by molar-refractivity contribution is 0.486. The summed E-state index contributed by atoms with van der Waals surface area (Å²) in [4.78, 5) is 0.342. The van der Waals surface area contributed by atoms with Crippen molar-refractivity contribution in [1.29, 1.82) is 0 Å². The molecule has 0 radical (unpaired) electrons. The number of rotatable bonds is 5. The van der Waals surface area contributed by atoms with Crippen LogP contribution in [-0.4, -0.2) is 33.4 Å². The topological polar surface area (TPSA) is 49.4 Å². The Hall–Kier alpha value is -0.910. The van der Waals surface area contributed by atoms with E-state index in [9.17, 15) is 8.42 Å². The Morgan fingerprint density at radius 3 is 2.24 bits per heavy atom. The Kier molecular flexibility index (Phi) is 4.68. The van der Waals surface area contributed by atoms with Gasteiger partial charge in [-0.15, -0.1) is 0 Å². The second-order valence-corrected chi connectivity index (χ2v) is 6.04. The Labute approximate surface area is 104 Å². The van der Waals surface area contributed by atoms with Crippen LogP contribution in [0.2, 0.25) is 0 Å². The molecular formula is C12H20N2O2S. The van der Waals surface area contributed by atoms with Gasteiger partial charge in [-0.3, -0.25) is 0 Å². The maximum atomic E-state index is 12.0. The predicted octanol–water partition coefficient (Wildman–Crippen LogP) is 1.61. The van der Waals surface area contributed by atoms with Crippen molar-refractivity contribution in [3.63, 3.8) is 0 Å². The lowest BCUT2D eigenvalue weighted by Crippen LogP contribution is -2.26. The van der Waals surface area contributed by atoms with Crippen LogP contribution in [0, 0.1) is 0 Å². The van der Waals surface area contributed by atoms with E-state index in [1.165, 1.54) is 4.31 Å². The Morgan fingerprint density at radius 2 is 1.82 bits per heavy atom. The van der Waals surface area contributed by atoms with Crippen LogP contribution in [-0.2, 0) is 10.0 Å². The van der Waals surface area contributed by atoms with E-state index in [-0.39, 0.29) is 6.04 Å². The van der Waals surface area contributed by atoms with Crippen molar-refractivity contribution in [2.45, 2.75) is 24.8 Å². The molecule has 5 heteroatoms. The normalized spacial score (nSPS) is 13.9. The molecule has 0 aliphatic carbocycles. The molecule has 1 atom stereocenters. The smallest absolute Gasteiger partial charge is 0.242 e. The van der Waals surface area contributed by atoms with Crippen molar-refractivity contribution in [2.24, 2.45) is 0 Å². The maximum Gasteiger partial charge on any atom is 0.242 e. The molecule has 0 spiro atoms. The third-order valence-electron chi connectivity index (χ3n) is 2.97. The summed E-state index contributed by atoms with van der Waals surface area (Å²) in [6, 6.07) is 7.22. The summed E-state index contributed by atoms with van der Waals surface area (Å²) in [6.45, 7) is 4.31. The van der Waals surface area contributed by atoms with E-state index in [1.54, 1.807) is 19.2 Å². The van der Waals surface area contributed by atoms with Crippen LogP contribution in [0.15, 0.2) is 29.2 Å². The van der Waals surface area contributed by atoms with E-state index in [1.807, 2.05) is 33.0 Å². The van der Waals surface area contributed by atoms with Gasteiger partial charge in [0.25, 0.3) is 0 Å². The van der Waals surface area contributed by atoms with Crippen molar-refractivity contribution < 1.29 is 8.42 Å². The first-order valence-electron chi connectivity index (χ1n) is 5.67. The zero-order chi connectivity index (χ0) is 13.1. The van der Waals surface area contributed by atoms with Crippen molar-refractivity contribution in [1.82, 2.24) is 9.62 Å². The standard InChI is InChI=1S/C12H20N2O2S/c1-5-14(4)17(15,16)12-8-6-11(7-9-12)10(2)13-3/h6-10,13H,5H2,1-4H3. The van der Waals surface area contributed by atoms with E-state index >= 15 is 0 Å². The van der Waals surface area contributed by atoms with Gasteiger partial charge < -0.3 is 5.32 Å². The van der Waals surface area contributed by atoms with Gasteiger partial charge >= 0.3 is 0 Å². The van der Waals surface area contributed by atoms with Crippen LogP contribution in [0.1, 0.15) is 25.5 Å². The van der Waals surface area contributed by atoms with Gasteiger partial charge in [0.15, 0.2) is 0 Å². The van der Waals surface area contributed by atoms with Crippen LogP contribution >= 0.6 is 0 Å². The Balaban J connectivity index is 3.03. The lowest BCUT2D eigenvalue weighted by atomic mass is 10.1. The second-order valence-electron chi connectivity index (χ2n) is 4.00. The molecule has 0 fully saturated rings. The number of nitrogens with zero attached hydrogens (tertiary/aromatic N) is 1. The van der Waals surface area contributed by atoms with Gasteiger partial charge in [0.05, 0.1) is 4.90 Å². The van der Waals surface area contributed by atoms with Gasteiger partial charge in [0.2, 0.25) is 10.0 Å². The van der Waals surface area contributed by atoms with Crippen LogP contribution in [0.5, 0.6) is 0 Å². The first kappa shape index (κ1) is 14.2. The summed E-state index contributed by atoms with van der Waals surface area (Å²) in [7, 11) is 0.133. The molecule has 0 aliphatic heterocycles. The molecule has 1 unspecified atom stereocenters. The van der Waals surface area contributed by atoms with E-state index in [4.69, 9.17) is 0 Å². The molecule has 1 aromatic carbocycles. The van der Waals surface area contributed by atoms with Crippen LogP contribution in [0.4, 0.5) is 0 Å². The zero-order valence-electron chi connectivity index (χ0n) is 10.8.